The Bertz CT molecular complexity index is 522. The maximum atomic E-state index is 12.2. The van der Waals surface area contributed by atoms with Crippen LogP contribution in [0.5, 0.6) is 0 Å². The van der Waals surface area contributed by atoms with Crippen LogP contribution in [-0.4, -0.2) is 18.5 Å². The van der Waals surface area contributed by atoms with Gasteiger partial charge in [-0.3, -0.25) is 4.79 Å². The summed E-state index contributed by atoms with van der Waals surface area (Å²) in [6.07, 6.45) is 0.962. The van der Waals surface area contributed by atoms with E-state index in [2.05, 4.69) is 0 Å². The molecule has 1 aromatic heterocycles. The molecule has 2 unspecified atom stereocenters. The van der Waals surface area contributed by atoms with Crippen LogP contribution in [0.3, 0.4) is 0 Å². The Morgan fingerprint density at radius 3 is 2.88 bits per heavy atom. The van der Waals surface area contributed by atoms with E-state index in [9.17, 15) is 4.79 Å². The zero-order chi connectivity index (χ0) is 11.8. The summed E-state index contributed by atoms with van der Waals surface area (Å²) in [4.78, 5) is 12.2. The lowest BCUT2D eigenvalue weighted by Gasteiger charge is -2.02. The van der Waals surface area contributed by atoms with Gasteiger partial charge < -0.3 is 9.15 Å². The Morgan fingerprint density at radius 1 is 1.35 bits per heavy atom. The summed E-state index contributed by atoms with van der Waals surface area (Å²) < 4.78 is 11.0. The van der Waals surface area contributed by atoms with Crippen LogP contribution in [0.15, 0.2) is 34.7 Å². The first-order valence-electron chi connectivity index (χ1n) is 5.88. The highest BCUT2D eigenvalue weighted by Gasteiger charge is 2.30. The molecule has 0 saturated carbocycles. The first kappa shape index (κ1) is 10.5. The van der Waals surface area contributed by atoms with Crippen molar-refractivity contribution in [3.63, 3.8) is 0 Å². The second-order valence-electron chi connectivity index (χ2n) is 4.59. The van der Waals surface area contributed by atoms with Crippen molar-refractivity contribution < 1.29 is 13.9 Å². The van der Waals surface area contributed by atoms with E-state index >= 15 is 0 Å². The second kappa shape index (κ2) is 4.00. The number of benzene rings is 1. The minimum absolute atomic E-state index is 0.0504. The van der Waals surface area contributed by atoms with Gasteiger partial charge in [-0.05, 0) is 25.5 Å². The minimum Gasteiger partial charge on any atom is -0.453 e. The fourth-order valence-corrected chi connectivity index (χ4v) is 2.30. The molecule has 1 aliphatic heterocycles. The third kappa shape index (κ3) is 1.87. The number of para-hydroxylation sites is 1. The molecule has 3 nitrogen and oxygen atoms in total. The predicted octanol–water partition coefficient (Wildman–Crippen LogP) is 3.04. The Labute approximate surface area is 99.4 Å². The molecule has 3 heteroatoms. The lowest BCUT2D eigenvalue weighted by Crippen LogP contribution is -2.13. The fraction of sp³-hybridized carbons (Fsp3) is 0.357. The van der Waals surface area contributed by atoms with Crippen molar-refractivity contribution >= 4 is 16.8 Å². The van der Waals surface area contributed by atoms with Gasteiger partial charge in [0.05, 0.1) is 18.6 Å². The average Bonchev–Trinajstić information content (AvgIpc) is 2.93. The number of ether oxygens (including phenoxy) is 1. The standard InChI is InChI=1S/C14H14O3/c1-9-6-11(8-16-9)14(15)13-7-10-4-2-3-5-12(10)17-13/h2-5,7,9,11H,6,8H2,1H3. The zero-order valence-corrected chi connectivity index (χ0v) is 9.68. The van der Waals surface area contributed by atoms with Gasteiger partial charge in [0.1, 0.15) is 5.58 Å². The molecular formula is C14H14O3. The molecule has 3 rings (SSSR count). The van der Waals surface area contributed by atoms with Crippen molar-refractivity contribution in [1.29, 1.82) is 0 Å². The fourth-order valence-electron chi connectivity index (χ4n) is 2.30. The minimum atomic E-state index is -0.0504. The van der Waals surface area contributed by atoms with E-state index < -0.39 is 0 Å². The van der Waals surface area contributed by atoms with E-state index in [1.807, 2.05) is 37.3 Å². The molecule has 0 bridgehead atoms. The number of carbonyl (C=O) groups is 1. The highest BCUT2D eigenvalue weighted by atomic mass is 16.5. The molecule has 0 spiro atoms. The third-order valence-electron chi connectivity index (χ3n) is 3.24. The Kier molecular flexibility index (Phi) is 2.48. The summed E-state index contributed by atoms with van der Waals surface area (Å²) in [5.41, 5.74) is 0.766. The van der Waals surface area contributed by atoms with Crippen LogP contribution in [0.4, 0.5) is 0 Å². The highest BCUT2D eigenvalue weighted by Crippen LogP contribution is 2.26. The normalized spacial score (nSPS) is 24.3. The van der Waals surface area contributed by atoms with Crippen molar-refractivity contribution in [2.45, 2.75) is 19.4 Å². The number of carbonyl (C=O) groups excluding carboxylic acids is 1. The summed E-state index contributed by atoms with van der Waals surface area (Å²) in [6.45, 7) is 2.50. The molecule has 88 valence electrons. The smallest absolute Gasteiger partial charge is 0.203 e. The van der Waals surface area contributed by atoms with Crippen molar-refractivity contribution in [3.05, 3.63) is 36.1 Å². The number of rotatable bonds is 2. The first-order valence-corrected chi connectivity index (χ1v) is 5.88. The molecule has 2 atom stereocenters. The molecule has 0 aliphatic carbocycles. The van der Waals surface area contributed by atoms with E-state index in [1.54, 1.807) is 0 Å². The number of Topliss-reactive ketones (excluding diaryl/α,β-unsaturated/α-hetero) is 1. The number of hydrogen-bond donors (Lipinski definition) is 0. The Hall–Kier alpha value is -1.61. The van der Waals surface area contributed by atoms with Crippen molar-refractivity contribution in [2.75, 3.05) is 6.61 Å². The van der Waals surface area contributed by atoms with Crippen LogP contribution in [0.25, 0.3) is 11.0 Å². The van der Waals surface area contributed by atoms with E-state index in [-0.39, 0.29) is 17.8 Å². The van der Waals surface area contributed by atoms with Crippen LogP contribution in [0, 0.1) is 5.92 Å². The van der Waals surface area contributed by atoms with E-state index in [0.717, 1.165) is 17.4 Å². The topological polar surface area (TPSA) is 39.4 Å². The van der Waals surface area contributed by atoms with Gasteiger partial charge in [-0.15, -0.1) is 0 Å². The molecule has 17 heavy (non-hydrogen) atoms. The van der Waals surface area contributed by atoms with Crippen LogP contribution >= 0.6 is 0 Å². The molecule has 1 aliphatic rings. The maximum absolute atomic E-state index is 12.2. The van der Waals surface area contributed by atoms with Crippen molar-refractivity contribution in [3.8, 4) is 0 Å². The SMILES string of the molecule is CC1CC(C(=O)c2cc3ccccc3o2)CO1. The van der Waals surface area contributed by atoms with Crippen molar-refractivity contribution in [1.82, 2.24) is 0 Å². The molecule has 0 N–H and O–H groups in total. The summed E-state index contributed by atoms with van der Waals surface area (Å²) in [5.74, 6) is 0.463. The quantitative estimate of drug-likeness (QED) is 0.744. The first-order chi connectivity index (χ1) is 8.24. The molecule has 1 aromatic carbocycles. The molecule has 0 amide bonds. The van der Waals surface area contributed by atoms with Gasteiger partial charge in [-0.25, -0.2) is 0 Å². The molecule has 2 aromatic rings. The van der Waals surface area contributed by atoms with Gasteiger partial charge in [0.2, 0.25) is 5.78 Å². The van der Waals surface area contributed by atoms with Gasteiger partial charge in [0.25, 0.3) is 0 Å². The number of hydrogen-bond acceptors (Lipinski definition) is 3. The zero-order valence-electron chi connectivity index (χ0n) is 9.68. The van der Waals surface area contributed by atoms with Gasteiger partial charge in [-0.1, -0.05) is 18.2 Å². The Morgan fingerprint density at radius 2 is 2.18 bits per heavy atom. The summed E-state index contributed by atoms with van der Waals surface area (Å²) in [6, 6.07) is 9.48. The Balaban J connectivity index is 1.90. The molecule has 1 fully saturated rings. The van der Waals surface area contributed by atoms with Gasteiger partial charge in [0, 0.05) is 5.39 Å². The average molecular weight is 230 g/mol. The summed E-state index contributed by atoms with van der Waals surface area (Å²) in [7, 11) is 0. The molecular weight excluding hydrogens is 216 g/mol. The van der Waals surface area contributed by atoms with Crippen LogP contribution in [0.1, 0.15) is 23.9 Å². The lowest BCUT2D eigenvalue weighted by atomic mass is 9.99. The molecule has 2 heterocycles. The summed E-state index contributed by atoms with van der Waals surface area (Å²) in [5, 5.41) is 0.975. The van der Waals surface area contributed by atoms with E-state index in [4.69, 9.17) is 9.15 Å². The lowest BCUT2D eigenvalue weighted by molar-refractivity contribution is 0.0853. The number of furan rings is 1. The van der Waals surface area contributed by atoms with E-state index in [0.29, 0.717) is 12.4 Å². The monoisotopic (exact) mass is 230 g/mol. The predicted molar refractivity (Wildman–Crippen MR) is 64.1 cm³/mol. The van der Waals surface area contributed by atoms with Crippen LogP contribution in [0.2, 0.25) is 0 Å². The number of fused-ring (bicyclic) bond motifs is 1. The van der Waals surface area contributed by atoms with Crippen molar-refractivity contribution in [2.24, 2.45) is 5.92 Å². The van der Waals surface area contributed by atoms with Gasteiger partial charge in [0.15, 0.2) is 5.76 Å². The second-order valence-corrected chi connectivity index (χ2v) is 4.59. The number of ketones is 1. The largest absolute Gasteiger partial charge is 0.453 e. The van der Waals surface area contributed by atoms with Crippen LogP contribution in [-0.2, 0) is 4.74 Å². The summed E-state index contributed by atoms with van der Waals surface area (Å²) >= 11 is 0. The van der Waals surface area contributed by atoms with E-state index in [1.165, 1.54) is 0 Å². The van der Waals surface area contributed by atoms with Gasteiger partial charge in [-0.2, -0.15) is 0 Å². The molecule has 1 saturated heterocycles. The van der Waals surface area contributed by atoms with Gasteiger partial charge >= 0.3 is 0 Å². The highest BCUT2D eigenvalue weighted by molar-refractivity contribution is 5.99. The van der Waals surface area contributed by atoms with Crippen LogP contribution < -0.4 is 0 Å². The maximum Gasteiger partial charge on any atom is 0.203 e. The third-order valence-corrected chi connectivity index (χ3v) is 3.24. The molecule has 0 radical (unpaired) electrons.